The number of carbonyl (C=O) groups is 1. The highest BCUT2D eigenvalue weighted by molar-refractivity contribution is 6.01. The van der Waals surface area contributed by atoms with Crippen LogP contribution in [-0.4, -0.2) is 21.6 Å². The van der Waals surface area contributed by atoms with E-state index in [1.807, 2.05) is 13.8 Å². The van der Waals surface area contributed by atoms with Crippen LogP contribution in [0.25, 0.3) is 10.8 Å². The van der Waals surface area contributed by atoms with Crippen molar-refractivity contribution < 1.29 is 4.79 Å². The summed E-state index contributed by atoms with van der Waals surface area (Å²) in [6, 6.07) is 4.73. The van der Waals surface area contributed by atoms with E-state index in [1.165, 1.54) is 6.07 Å². The van der Waals surface area contributed by atoms with Gasteiger partial charge in [0, 0.05) is 12.0 Å². The Morgan fingerprint density at radius 2 is 1.90 bits per heavy atom. The first-order valence-corrected chi connectivity index (χ1v) is 6.60. The fourth-order valence-corrected chi connectivity index (χ4v) is 1.98. The Bertz CT molecular complexity index is 783. The largest absolute Gasteiger partial charge is 0.326 e. The summed E-state index contributed by atoms with van der Waals surface area (Å²) < 4.78 is 0. The molecule has 7 nitrogen and oxygen atoms in total. The molecule has 0 unspecified atom stereocenters. The Morgan fingerprint density at radius 1 is 1.24 bits per heavy atom. The lowest BCUT2D eigenvalue weighted by Gasteiger charge is -2.17. The van der Waals surface area contributed by atoms with E-state index in [0.717, 1.165) is 0 Å². The fourth-order valence-electron chi connectivity index (χ4n) is 1.98. The molecule has 0 aliphatic rings. The number of amides is 1. The lowest BCUT2D eigenvalue weighted by molar-refractivity contribution is -0.116. The van der Waals surface area contributed by atoms with Gasteiger partial charge < -0.3 is 11.1 Å². The minimum absolute atomic E-state index is 0.168. The van der Waals surface area contributed by atoms with Gasteiger partial charge in [0.2, 0.25) is 5.91 Å². The second-order valence-electron chi connectivity index (χ2n) is 5.67. The number of aromatic amines is 2. The molecule has 7 heteroatoms. The average molecular weight is 290 g/mol. The van der Waals surface area contributed by atoms with E-state index in [-0.39, 0.29) is 23.1 Å². The van der Waals surface area contributed by atoms with Gasteiger partial charge in [-0.25, -0.2) is 0 Å². The molecule has 0 saturated carbocycles. The monoisotopic (exact) mass is 290 g/mol. The average Bonchev–Trinajstić information content (AvgIpc) is 2.40. The summed E-state index contributed by atoms with van der Waals surface area (Å²) in [4.78, 5) is 35.5. The lowest BCUT2D eigenvalue weighted by Crippen LogP contribution is -2.33. The third-order valence-corrected chi connectivity index (χ3v) is 3.10. The number of anilines is 1. The van der Waals surface area contributed by atoms with Crippen molar-refractivity contribution in [1.29, 1.82) is 0 Å². The molecular weight excluding hydrogens is 272 g/mol. The summed E-state index contributed by atoms with van der Waals surface area (Å²) in [5.74, 6) is -0.249. The molecule has 0 atom stereocenters. The van der Waals surface area contributed by atoms with Gasteiger partial charge in [-0.05, 0) is 32.4 Å². The van der Waals surface area contributed by atoms with Gasteiger partial charge in [0.05, 0.1) is 16.5 Å². The molecule has 2 rings (SSSR count). The van der Waals surface area contributed by atoms with Crippen LogP contribution in [0.15, 0.2) is 27.8 Å². The van der Waals surface area contributed by atoms with Gasteiger partial charge in [-0.15, -0.1) is 0 Å². The van der Waals surface area contributed by atoms with Crippen LogP contribution in [0.4, 0.5) is 5.69 Å². The molecule has 0 aliphatic carbocycles. The molecule has 1 aromatic heterocycles. The Morgan fingerprint density at radius 3 is 2.57 bits per heavy atom. The topological polar surface area (TPSA) is 121 Å². The molecule has 0 spiro atoms. The van der Waals surface area contributed by atoms with Crippen LogP contribution in [0.3, 0.4) is 0 Å². The van der Waals surface area contributed by atoms with Crippen molar-refractivity contribution in [2.24, 2.45) is 5.73 Å². The smallest absolute Gasteiger partial charge is 0.272 e. The Balaban J connectivity index is 2.31. The molecule has 1 aromatic carbocycles. The number of nitrogens with one attached hydrogen (secondary N) is 3. The van der Waals surface area contributed by atoms with E-state index in [0.29, 0.717) is 12.1 Å². The zero-order valence-electron chi connectivity index (χ0n) is 11.9. The van der Waals surface area contributed by atoms with Crippen LogP contribution in [0.1, 0.15) is 26.7 Å². The van der Waals surface area contributed by atoms with Crippen LogP contribution in [-0.2, 0) is 4.79 Å². The molecular formula is C14H18N4O3. The van der Waals surface area contributed by atoms with Crippen molar-refractivity contribution >= 4 is 22.4 Å². The number of hydrogen-bond donors (Lipinski definition) is 4. The maximum absolute atomic E-state index is 11.9. The van der Waals surface area contributed by atoms with E-state index in [1.54, 1.807) is 12.1 Å². The van der Waals surface area contributed by atoms with Crippen molar-refractivity contribution in [1.82, 2.24) is 10.2 Å². The van der Waals surface area contributed by atoms with Crippen LogP contribution in [0.5, 0.6) is 0 Å². The number of aromatic nitrogens is 2. The third kappa shape index (κ3) is 3.57. The Hall–Kier alpha value is -2.41. The highest BCUT2D eigenvalue weighted by Gasteiger charge is 2.15. The van der Waals surface area contributed by atoms with Gasteiger partial charge >= 0.3 is 0 Å². The molecule has 2 aromatic rings. The van der Waals surface area contributed by atoms with Crippen LogP contribution in [0, 0.1) is 0 Å². The maximum Gasteiger partial charge on any atom is 0.272 e. The molecule has 0 radical (unpaired) electrons. The van der Waals surface area contributed by atoms with E-state index < -0.39 is 16.7 Å². The lowest BCUT2D eigenvalue weighted by atomic mass is 10.00. The summed E-state index contributed by atoms with van der Waals surface area (Å²) in [6.45, 7) is 3.67. The highest BCUT2D eigenvalue weighted by Crippen LogP contribution is 2.17. The minimum atomic E-state index is -0.459. The number of carbonyl (C=O) groups excluding carboxylic acids is 1. The standard InChI is InChI=1S/C14H18N4O3/c1-14(2,15)7-6-10(19)16-9-5-3-4-8-11(9)13(21)18-17-12(8)20/h3-5H,6-7,15H2,1-2H3,(H,16,19)(H,17,20)(H,18,21). The van der Waals surface area contributed by atoms with Crippen LogP contribution < -0.4 is 22.2 Å². The number of benzene rings is 1. The number of hydrogen-bond acceptors (Lipinski definition) is 4. The molecule has 0 fully saturated rings. The summed E-state index contributed by atoms with van der Waals surface area (Å²) in [5.41, 5.74) is 4.84. The number of H-pyrrole nitrogens is 2. The Labute approximate surface area is 120 Å². The van der Waals surface area contributed by atoms with Crippen LogP contribution >= 0.6 is 0 Å². The third-order valence-electron chi connectivity index (χ3n) is 3.10. The second-order valence-corrected chi connectivity index (χ2v) is 5.67. The molecule has 112 valence electrons. The molecule has 1 heterocycles. The SMILES string of the molecule is CC(C)(N)CCC(=O)Nc1cccc2c(=O)[nH][nH]c(=O)c12. The predicted molar refractivity (Wildman–Crippen MR) is 81.3 cm³/mol. The number of rotatable bonds is 4. The molecule has 1 amide bonds. The highest BCUT2D eigenvalue weighted by atomic mass is 16.2. The quantitative estimate of drug-likeness (QED) is 0.661. The molecule has 5 N–H and O–H groups in total. The van der Waals surface area contributed by atoms with Crippen molar-refractivity contribution in [3.05, 3.63) is 38.9 Å². The van der Waals surface area contributed by atoms with Gasteiger partial charge in [-0.3, -0.25) is 24.6 Å². The van der Waals surface area contributed by atoms with E-state index in [2.05, 4.69) is 15.5 Å². The number of fused-ring (bicyclic) bond motifs is 1. The van der Waals surface area contributed by atoms with E-state index >= 15 is 0 Å². The summed E-state index contributed by atoms with van der Waals surface area (Å²) in [6.07, 6.45) is 0.752. The summed E-state index contributed by atoms with van der Waals surface area (Å²) >= 11 is 0. The minimum Gasteiger partial charge on any atom is -0.326 e. The first kappa shape index (κ1) is 15.0. The normalized spacial score (nSPS) is 11.6. The van der Waals surface area contributed by atoms with Gasteiger partial charge in [0.25, 0.3) is 11.1 Å². The molecule has 0 saturated heterocycles. The first-order chi connectivity index (χ1) is 9.78. The molecule has 0 bridgehead atoms. The molecule has 21 heavy (non-hydrogen) atoms. The summed E-state index contributed by atoms with van der Waals surface area (Å²) in [5, 5.41) is 7.55. The van der Waals surface area contributed by atoms with Gasteiger partial charge in [0.15, 0.2) is 0 Å². The maximum atomic E-state index is 11.9. The van der Waals surface area contributed by atoms with Gasteiger partial charge in [0.1, 0.15) is 0 Å². The van der Waals surface area contributed by atoms with Crippen LogP contribution in [0.2, 0.25) is 0 Å². The second kappa shape index (κ2) is 5.53. The van der Waals surface area contributed by atoms with E-state index in [9.17, 15) is 14.4 Å². The van der Waals surface area contributed by atoms with Gasteiger partial charge in [-0.1, -0.05) is 6.07 Å². The van der Waals surface area contributed by atoms with Crippen molar-refractivity contribution in [3.63, 3.8) is 0 Å². The predicted octanol–water partition coefficient (Wildman–Crippen LogP) is 0.672. The van der Waals surface area contributed by atoms with Crippen molar-refractivity contribution in [2.75, 3.05) is 5.32 Å². The number of nitrogens with two attached hydrogens (primary N) is 1. The fraction of sp³-hybridized carbons (Fsp3) is 0.357. The van der Waals surface area contributed by atoms with Crippen molar-refractivity contribution in [3.8, 4) is 0 Å². The zero-order valence-corrected chi connectivity index (χ0v) is 11.9. The molecule has 0 aliphatic heterocycles. The summed E-state index contributed by atoms with van der Waals surface area (Å²) in [7, 11) is 0. The van der Waals surface area contributed by atoms with E-state index in [4.69, 9.17) is 5.73 Å². The van der Waals surface area contributed by atoms with Gasteiger partial charge in [-0.2, -0.15) is 0 Å². The Kier molecular flexibility index (Phi) is 3.95. The van der Waals surface area contributed by atoms with Crippen molar-refractivity contribution in [2.45, 2.75) is 32.2 Å². The first-order valence-electron chi connectivity index (χ1n) is 6.60. The zero-order chi connectivity index (χ0) is 15.6.